The smallest absolute Gasteiger partial charge is 0.172 e. The van der Waals surface area contributed by atoms with Crippen LogP contribution in [0.25, 0.3) is 0 Å². The Balaban J connectivity index is 2.92. The second-order valence-electron chi connectivity index (χ2n) is 3.62. The number of carbonyl (C=O) groups excluding carboxylic acids is 1. The van der Waals surface area contributed by atoms with Crippen molar-refractivity contribution in [1.29, 1.82) is 0 Å². The Morgan fingerprint density at radius 1 is 1.35 bits per heavy atom. The summed E-state index contributed by atoms with van der Waals surface area (Å²) in [7, 11) is 0. The molecular formula is C14H18O3. The van der Waals surface area contributed by atoms with Gasteiger partial charge in [0.05, 0.1) is 12.2 Å². The molecule has 0 bridgehead atoms. The van der Waals surface area contributed by atoms with Crippen LogP contribution in [0.1, 0.15) is 30.6 Å². The Bertz CT molecular complexity index is 396. The number of para-hydroxylation sites is 1. The predicted octanol–water partition coefficient (Wildman–Crippen LogP) is 3.24. The Hall–Kier alpha value is -1.77. The van der Waals surface area contributed by atoms with Crippen molar-refractivity contribution in [2.75, 3.05) is 13.2 Å². The first kappa shape index (κ1) is 13.3. The highest BCUT2D eigenvalue weighted by Crippen LogP contribution is 2.30. The van der Waals surface area contributed by atoms with Crippen LogP contribution < -0.4 is 9.47 Å². The molecule has 1 aromatic rings. The molecular weight excluding hydrogens is 216 g/mol. The van der Waals surface area contributed by atoms with Crippen LogP contribution in [-0.4, -0.2) is 19.5 Å². The van der Waals surface area contributed by atoms with Crippen molar-refractivity contribution in [2.24, 2.45) is 0 Å². The highest BCUT2D eigenvalue weighted by atomic mass is 16.5. The Kier molecular flexibility index (Phi) is 5.27. The lowest BCUT2D eigenvalue weighted by Gasteiger charge is -2.14. The summed E-state index contributed by atoms with van der Waals surface area (Å²) < 4.78 is 11.0. The van der Waals surface area contributed by atoms with E-state index in [2.05, 4.69) is 6.58 Å². The first-order valence-corrected chi connectivity index (χ1v) is 5.73. The Morgan fingerprint density at radius 3 is 2.71 bits per heavy atom. The number of aldehydes is 1. The number of rotatable bonds is 7. The molecule has 0 aromatic heterocycles. The molecule has 0 atom stereocenters. The van der Waals surface area contributed by atoms with E-state index < -0.39 is 0 Å². The summed E-state index contributed by atoms with van der Waals surface area (Å²) in [6.45, 7) is 8.71. The fraction of sp³-hybridized carbons (Fsp3) is 0.357. The average molecular weight is 234 g/mol. The standard InChI is InChI=1S/C14H18O3/c1-4-11(3)10-17-14-12(9-15)7-6-8-13(14)16-5-2/h6-9H,3-5,10H2,1-2H3. The molecule has 0 fully saturated rings. The van der Waals surface area contributed by atoms with E-state index in [-0.39, 0.29) is 0 Å². The van der Waals surface area contributed by atoms with Crippen LogP contribution in [0.5, 0.6) is 11.5 Å². The van der Waals surface area contributed by atoms with Gasteiger partial charge in [-0.2, -0.15) is 0 Å². The molecule has 0 saturated heterocycles. The molecule has 0 heterocycles. The molecule has 3 heteroatoms. The van der Waals surface area contributed by atoms with Crippen molar-refractivity contribution in [2.45, 2.75) is 20.3 Å². The lowest BCUT2D eigenvalue weighted by atomic mass is 10.2. The van der Waals surface area contributed by atoms with Crippen molar-refractivity contribution >= 4 is 6.29 Å². The highest BCUT2D eigenvalue weighted by molar-refractivity contribution is 5.81. The van der Waals surface area contributed by atoms with Gasteiger partial charge in [-0.25, -0.2) is 0 Å². The zero-order chi connectivity index (χ0) is 12.7. The van der Waals surface area contributed by atoms with Gasteiger partial charge in [0.1, 0.15) is 6.61 Å². The fourth-order valence-corrected chi connectivity index (χ4v) is 1.33. The molecule has 0 aliphatic carbocycles. The molecule has 1 aromatic carbocycles. The molecule has 17 heavy (non-hydrogen) atoms. The molecule has 92 valence electrons. The lowest BCUT2D eigenvalue weighted by Crippen LogP contribution is -2.04. The quantitative estimate of drug-likeness (QED) is 0.536. The molecule has 0 spiro atoms. The van der Waals surface area contributed by atoms with Crippen LogP contribution >= 0.6 is 0 Å². The van der Waals surface area contributed by atoms with Crippen molar-refractivity contribution in [1.82, 2.24) is 0 Å². The first-order chi connectivity index (χ1) is 8.22. The Morgan fingerprint density at radius 2 is 2.12 bits per heavy atom. The maximum atomic E-state index is 10.9. The van der Waals surface area contributed by atoms with Crippen LogP contribution in [0.3, 0.4) is 0 Å². The van der Waals surface area contributed by atoms with Gasteiger partial charge in [-0.05, 0) is 31.1 Å². The summed E-state index contributed by atoms with van der Waals surface area (Å²) in [5.41, 5.74) is 1.48. The summed E-state index contributed by atoms with van der Waals surface area (Å²) in [5.74, 6) is 1.10. The van der Waals surface area contributed by atoms with Crippen LogP contribution in [0, 0.1) is 0 Å². The van der Waals surface area contributed by atoms with E-state index in [0.29, 0.717) is 30.3 Å². The van der Waals surface area contributed by atoms with E-state index in [1.165, 1.54) is 0 Å². The third kappa shape index (κ3) is 3.63. The Labute approximate surface area is 102 Å². The van der Waals surface area contributed by atoms with Crippen molar-refractivity contribution < 1.29 is 14.3 Å². The molecule has 0 saturated carbocycles. The van der Waals surface area contributed by atoms with Gasteiger partial charge in [-0.3, -0.25) is 4.79 Å². The summed E-state index contributed by atoms with van der Waals surface area (Å²) in [6, 6.07) is 5.27. The zero-order valence-electron chi connectivity index (χ0n) is 10.4. The SMILES string of the molecule is C=C(CC)COc1c(C=O)cccc1OCC. The van der Waals surface area contributed by atoms with Gasteiger partial charge in [-0.15, -0.1) is 0 Å². The average Bonchev–Trinajstić information content (AvgIpc) is 2.36. The molecule has 0 aliphatic heterocycles. The van der Waals surface area contributed by atoms with E-state index in [1.54, 1.807) is 18.2 Å². The van der Waals surface area contributed by atoms with Crippen LogP contribution in [0.15, 0.2) is 30.4 Å². The van der Waals surface area contributed by atoms with E-state index in [9.17, 15) is 4.79 Å². The molecule has 0 unspecified atom stereocenters. The van der Waals surface area contributed by atoms with E-state index in [4.69, 9.17) is 9.47 Å². The van der Waals surface area contributed by atoms with Crippen LogP contribution in [-0.2, 0) is 0 Å². The minimum atomic E-state index is 0.404. The van der Waals surface area contributed by atoms with E-state index in [0.717, 1.165) is 18.3 Å². The normalized spacial score (nSPS) is 9.76. The summed E-state index contributed by atoms with van der Waals surface area (Å²) in [4.78, 5) is 10.9. The van der Waals surface area contributed by atoms with Crippen molar-refractivity contribution in [3.63, 3.8) is 0 Å². The summed E-state index contributed by atoms with van der Waals surface area (Å²) in [5, 5.41) is 0. The van der Waals surface area contributed by atoms with Gasteiger partial charge in [0, 0.05) is 0 Å². The summed E-state index contributed by atoms with van der Waals surface area (Å²) >= 11 is 0. The topological polar surface area (TPSA) is 35.5 Å². The molecule has 3 nitrogen and oxygen atoms in total. The van der Waals surface area contributed by atoms with Crippen LogP contribution in [0.2, 0.25) is 0 Å². The van der Waals surface area contributed by atoms with E-state index in [1.807, 2.05) is 13.8 Å². The third-order valence-corrected chi connectivity index (χ3v) is 2.36. The van der Waals surface area contributed by atoms with Crippen molar-refractivity contribution in [3.8, 4) is 11.5 Å². The number of hydrogen-bond donors (Lipinski definition) is 0. The number of benzene rings is 1. The lowest BCUT2D eigenvalue weighted by molar-refractivity contribution is 0.111. The maximum absolute atomic E-state index is 10.9. The van der Waals surface area contributed by atoms with Gasteiger partial charge >= 0.3 is 0 Å². The molecule has 0 aliphatic rings. The third-order valence-electron chi connectivity index (χ3n) is 2.36. The van der Waals surface area contributed by atoms with Gasteiger partial charge in [0.2, 0.25) is 0 Å². The molecule has 1 rings (SSSR count). The molecule has 0 amide bonds. The number of hydrogen-bond acceptors (Lipinski definition) is 3. The van der Waals surface area contributed by atoms with Crippen molar-refractivity contribution in [3.05, 3.63) is 35.9 Å². The van der Waals surface area contributed by atoms with Crippen LogP contribution in [0.4, 0.5) is 0 Å². The van der Waals surface area contributed by atoms with Gasteiger partial charge in [0.25, 0.3) is 0 Å². The minimum absolute atomic E-state index is 0.404. The van der Waals surface area contributed by atoms with Gasteiger partial charge in [0.15, 0.2) is 17.8 Å². The number of carbonyl (C=O) groups is 1. The molecule has 0 N–H and O–H groups in total. The highest BCUT2D eigenvalue weighted by Gasteiger charge is 2.10. The first-order valence-electron chi connectivity index (χ1n) is 5.73. The zero-order valence-corrected chi connectivity index (χ0v) is 10.4. The number of ether oxygens (including phenoxy) is 2. The second kappa shape index (κ2) is 6.74. The second-order valence-corrected chi connectivity index (χ2v) is 3.62. The van der Waals surface area contributed by atoms with Gasteiger partial charge < -0.3 is 9.47 Å². The monoisotopic (exact) mass is 234 g/mol. The van der Waals surface area contributed by atoms with E-state index >= 15 is 0 Å². The maximum Gasteiger partial charge on any atom is 0.172 e. The fourth-order valence-electron chi connectivity index (χ4n) is 1.33. The predicted molar refractivity (Wildman–Crippen MR) is 67.9 cm³/mol. The minimum Gasteiger partial charge on any atom is -0.490 e. The largest absolute Gasteiger partial charge is 0.490 e. The van der Waals surface area contributed by atoms with Gasteiger partial charge in [-0.1, -0.05) is 19.6 Å². The molecule has 0 radical (unpaired) electrons. The summed E-state index contributed by atoms with van der Waals surface area (Å²) in [6.07, 6.45) is 1.62.